The molecular formula is C14H18N4O. The Morgan fingerprint density at radius 3 is 3.11 bits per heavy atom. The van der Waals surface area contributed by atoms with E-state index in [4.69, 9.17) is 10.5 Å². The Bertz CT molecular complexity index is 562. The average Bonchev–Trinajstić information content (AvgIpc) is 2.83. The van der Waals surface area contributed by atoms with Crippen LogP contribution in [0.4, 0.5) is 5.82 Å². The van der Waals surface area contributed by atoms with Crippen LogP contribution in [0, 0.1) is 0 Å². The fourth-order valence-corrected chi connectivity index (χ4v) is 1.77. The molecule has 0 aromatic carbocycles. The van der Waals surface area contributed by atoms with Crippen molar-refractivity contribution in [2.45, 2.75) is 13.5 Å². The zero-order valence-corrected chi connectivity index (χ0v) is 11.0. The number of aromatic nitrogens is 3. The minimum atomic E-state index is 0.507. The highest BCUT2D eigenvalue weighted by Gasteiger charge is 2.08. The van der Waals surface area contributed by atoms with Crippen molar-refractivity contribution >= 4 is 5.82 Å². The average molecular weight is 258 g/mol. The van der Waals surface area contributed by atoms with Gasteiger partial charge in [0, 0.05) is 18.3 Å². The first kappa shape index (κ1) is 13.3. The molecule has 2 aromatic heterocycles. The van der Waals surface area contributed by atoms with E-state index in [1.165, 1.54) is 0 Å². The molecule has 0 radical (unpaired) electrons. The summed E-state index contributed by atoms with van der Waals surface area (Å²) in [5.41, 5.74) is 8.73. The van der Waals surface area contributed by atoms with E-state index in [1.807, 2.05) is 23.6 Å². The number of imidazole rings is 1. The third kappa shape index (κ3) is 3.42. The van der Waals surface area contributed by atoms with E-state index in [1.54, 1.807) is 18.7 Å². The summed E-state index contributed by atoms with van der Waals surface area (Å²) in [6.07, 6.45) is 5.23. The highest BCUT2D eigenvalue weighted by Crippen LogP contribution is 2.23. The van der Waals surface area contributed by atoms with E-state index in [0.717, 1.165) is 23.4 Å². The summed E-state index contributed by atoms with van der Waals surface area (Å²) in [5.74, 6) is 0.507. The van der Waals surface area contributed by atoms with Crippen molar-refractivity contribution in [1.29, 1.82) is 0 Å². The van der Waals surface area contributed by atoms with Gasteiger partial charge in [-0.1, -0.05) is 12.2 Å². The fraction of sp³-hybridized carbons (Fsp3) is 0.286. The van der Waals surface area contributed by atoms with Crippen LogP contribution < -0.4 is 5.73 Å². The van der Waals surface area contributed by atoms with Crippen molar-refractivity contribution in [3.63, 3.8) is 0 Å². The van der Waals surface area contributed by atoms with Gasteiger partial charge in [0.15, 0.2) is 0 Å². The normalized spacial score (nSPS) is 10.6. The van der Waals surface area contributed by atoms with E-state index in [-0.39, 0.29) is 0 Å². The molecule has 0 saturated heterocycles. The van der Waals surface area contributed by atoms with Gasteiger partial charge in [-0.25, -0.2) is 9.97 Å². The summed E-state index contributed by atoms with van der Waals surface area (Å²) in [5, 5.41) is 0. The lowest BCUT2D eigenvalue weighted by Gasteiger charge is -2.10. The van der Waals surface area contributed by atoms with Gasteiger partial charge in [-0.2, -0.15) is 0 Å². The van der Waals surface area contributed by atoms with Crippen molar-refractivity contribution in [3.8, 4) is 11.3 Å². The molecule has 0 bridgehead atoms. The molecule has 2 aromatic rings. The number of rotatable bonds is 6. The first-order valence-corrected chi connectivity index (χ1v) is 6.11. The third-order valence-corrected chi connectivity index (χ3v) is 2.65. The standard InChI is InChI=1S/C14H18N4O/c1-11(2)9-19-7-6-18-10-16-8-13(18)12-4-3-5-17-14(12)15/h3-5,8,10H,1,6-7,9H2,2H3,(H2,15,17). The summed E-state index contributed by atoms with van der Waals surface area (Å²) in [7, 11) is 0. The van der Waals surface area contributed by atoms with Crippen LogP contribution in [0.3, 0.4) is 0 Å². The lowest BCUT2D eigenvalue weighted by molar-refractivity contribution is 0.147. The SMILES string of the molecule is C=C(C)COCCn1cncc1-c1cccnc1N. The summed E-state index contributed by atoms with van der Waals surface area (Å²) in [4.78, 5) is 8.25. The maximum Gasteiger partial charge on any atom is 0.132 e. The highest BCUT2D eigenvalue weighted by atomic mass is 16.5. The number of hydrogen-bond donors (Lipinski definition) is 1. The third-order valence-electron chi connectivity index (χ3n) is 2.65. The second-order valence-corrected chi connectivity index (χ2v) is 4.42. The second-order valence-electron chi connectivity index (χ2n) is 4.42. The molecule has 2 rings (SSSR count). The Kier molecular flexibility index (Phi) is 4.30. The van der Waals surface area contributed by atoms with Crippen LogP contribution in [-0.2, 0) is 11.3 Å². The minimum Gasteiger partial charge on any atom is -0.383 e. The highest BCUT2D eigenvalue weighted by molar-refractivity contribution is 5.70. The van der Waals surface area contributed by atoms with Gasteiger partial charge in [-0.3, -0.25) is 0 Å². The van der Waals surface area contributed by atoms with Crippen LogP contribution in [0.5, 0.6) is 0 Å². The number of nitrogens with zero attached hydrogens (tertiary/aromatic N) is 3. The van der Waals surface area contributed by atoms with Gasteiger partial charge in [0.05, 0.1) is 31.4 Å². The van der Waals surface area contributed by atoms with E-state index < -0.39 is 0 Å². The predicted octanol–water partition coefficient (Wildman–Crippen LogP) is 2.12. The van der Waals surface area contributed by atoms with Crippen molar-refractivity contribution in [1.82, 2.24) is 14.5 Å². The number of hydrogen-bond acceptors (Lipinski definition) is 4. The molecule has 0 aliphatic carbocycles. The molecule has 0 aliphatic rings. The van der Waals surface area contributed by atoms with Crippen LogP contribution in [0.15, 0.2) is 43.0 Å². The van der Waals surface area contributed by atoms with E-state index >= 15 is 0 Å². The van der Waals surface area contributed by atoms with Crippen LogP contribution in [-0.4, -0.2) is 27.7 Å². The van der Waals surface area contributed by atoms with Crippen molar-refractivity contribution in [2.24, 2.45) is 0 Å². The van der Waals surface area contributed by atoms with Crippen LogP contribution in [0.1, 0.15) is 6.92 Å². The molecule has 0 atom stereocenters. The quantitative estimate of drug-likeness (QED) is 0.636. The van der Waals surface area contributed by atoms with Crippen LogP contribution in [0.25, 0.3) is 11.3 Å². The molecule has 19 heavy (non-hydrogen) atoms. The molecule has 5 heteroatoms. The zero-order chi connectivity index (χ0) is 13.7. The number of ether oxygens (including phenoxy) is 1. The molecular weight excluding hydrogens is 240 g/mol. The van der Waals surface area contributed by atoms with E-state index in [2.05, 4.69) is 16.5 Å². The van der Waals surface area contributed by atoms with E-state index in [0.29, 0.717) is 19.0 Å². The Morgan fingerprint density at radius 1 is 1.53 bits per heavy atom. The molecule has 5 nitrogen and oxygen atoms in total. The van der Waals surface area contributed by atoms with Gasteiger partial charge in [-0.05, 0) is 19.1 Å². The second kappa shape index (κ2) is 6.15. The Morgan fingerprint density at radius 2 is 2.37 bits per heavy atom. The number of nitrogen functional groups attached to an aromatic ring is 1. The first-order chi connectivity index (χ1) is 9.18. The molecule has 2 heterocycles. The monoisotopic (exact) mass is 258 g/mol. The lowest BCUT2D eigenvalue weighted by Crippen LogP contribution is -2.08. The lowest BCUT2D eigenvalue weighted by atomic mass is 10.2. The molecule has 2 N–H and O–H groups in total. The smallest absolute Gasteiger partial charge is 0.132 e. The van der Waals surface area contributed by atoms with Crippen LogP contribution >= 0.6 is 0 Å². The molecule has 100 valence electrons. The van der Waals surface area contributed by atoms with Crippen LogP contribution in [0.2, 0.25) is 0 Å². The summed E-state index contributed by atoms with van der Waals surface area (Å²) in [6, 6.07) is 3.80. The molecule has 0 aliphatic heterocycles. The van der Waals surface area contributed by atoms with Crippen molar-refractivity contribution in [2.75, 3.05) is 18.9 Å². The summed E-state index contributed by atoms with van der Waals surface area (Å²) < 4.78 is 7.50. The Hall–Kier alpha value is -2.14. The minimum absolute atomic E-state index is 0.507. The molecule has 0 spiro atoms. The number of pyridine rings is 1. The van der Waals surface area contributed by atoms with Gasteiger partial charge >= 0.3 is 0 Å². The molecule has 0 unspecified atom stereocenters. The first-order valence-electron chi connectivity index (χ1n) is 6.11. The maximum atomic E-state index is 5.88. The van der Waals surface area contributed by atoms with Gasteiger partial charge < -0.3 is 15.0 Å². The van der Waals surface area contributed by atoms with Crippen molar-refractivity contribution < 1.29 is 4.74 Å². The Balaban J connectivity index is 2.06. The zero-order valence-electron chi connectivity index (χ0n) is 11.0. The topological polar surface area (TPSA) is 66.0 Å². The fourth-order valence-electron chi connectivity index (χ4n) is 1.77. The predicted molar refractivity (Wildman–Crippen MR) is 75.5 cm³/mol. The van der Waals surface area contributed by atoms with Crippen molar-refractivity contribution in [3.05, 3.63) is 43.0 Å². The van der Waals surface area contributed by atoms with Gasteiger partial charge in [0.2, 0.25) is 0 Å². The van der Waals surface area contributed by atoms with Gasteiger partial charge in [0.1, 0.15) is 5.82 Å². The largest absolute Gasteiger partial charge is 0.383 e. The molecule has 0 fully saturated rings. The molecule has 0 saturated carbocycles. The Labute approximate surface area is 112 Å². The van der Waals surface area contributed by atoms with Gasteiger partial charge in [-0.15, -0.1) is 0 Å². The number of nitrogens with two attached hydrogens (primary N) is 1. The summed E-state index contributed by atoms with van der Waals surface area (Å²) >= 11 is 0. The number of anilines is 1. The van der Waals surface area contributed by atoms with Gasteiger partial charge in [0.25, 0.3) is 0 Å². The summed E-state index contributed by atoms with van der Waals surface area (Å²) in [6.45, 7) is 7.65. The molecule has 0 amide bonds. The van der Waals surface area contributed by atoms with E-state index in [9.17, 15) is 0 Å². The maximum absolute atomic E-state index is 5.88.